The van der Waals surface area contributed by atoms with Crippen LogP contribution in [0.1, 0.15) is 18.4 Å². The van der Waals surface area contributed by atoms with Gasteiger partial charge in [-0.05, 0) is 34.7 Å². The monoisotopic (exact) mass is 225 g/mol. The van der Waals surface area contributed by atoms with E-state index in [4.69, 9.17) is 5.26 Å². The minimum absolute atomic E-state index is 0.621. The number of hydrogen-bond donors (Lipinski definition) is 0. The van der Waals surface area contributed by atoms with Crippen LogP contribution in [0.3, 0.4) is 0 Å². The Hall–Kier alpha value is -0.820. The third-order valence-corrected chi connectivity index (χ3v) is 2.86. The van der Waals surface area contributed by atoms with E-state index in [1.807, 2.05) is 4.68 Å². The van der Waals surface area contributed by atoms with Crippen molar-refractivity contribution in [2.75, 3.05) is 0 Å². The summed E-state index contributed by atoms with van der Waals surface area (Å²) in [6.07, 6.45) is 4.20. The highest BCUT2D eigenvalue weighted by Gasteiger charge is 2.23. The number of rotatable bonds is 2. The van der Waals surface area contributed by atoms with Crippen molar-refractivity contribution in [3.63, 3.8) is 0 Å². The molecule has 3 nitrogen and oxygen atoms in total. The first-order valence-electron chi connectivity index (χ1n) is 3.92. The molecule has 1 saturated carbocycles. The van der Waals surface area contributed by atoms with Crippen molar-refractivity contribution < 1.29 is 0 Å². The van der Waals surface area contributed by atoms with Gasteiger partial charge in [0.15, 0.2) is 0 Å². The van der Waals surface area contributed by atoms with E-state index in [2.05, 4.69) is 27.1 Å². The minimum atomic E-state index is 0.621. The first-order valence-corrected chi connectivity index (χ1v) is 4.72. The Morgan fingerprint density at radius 2 is 2.50 bits per heavy atom. The summed E-state index contributed by atoms with van der Waals surface area (Å²) in [5.41, 5.74) is 0.621. The highest BCUT2D eigenvalue weighted by atomic mass is 79.9. The highest BCUT2D eigenvalue weighted by Crippen LogP contribution is 2.31. The molecule has 0 saturated heterocycles. The number of aromatic nitrogens is 2. The molecule has 0 spiro atoms. The zero-order chi connectivity index (χ0) is 8.55. The lowest BCUT2D eigenvalue weighted by atomic mass is 10.4. The summed E-state index contributed by atoms with van der Waals surface area (Å²) in [6, 6.07) is 2.08. The molecule has 4 heteroatoms. The van der Waals surface area contributed by atoms with E-state index in [1.165, 1.54) is 12.8 Å². The summed E-state index contributed by atoms with van der Waals surface area (Å²) in [7, 11) is 0. The van der Waals surface area contributed by atoms with E-state index in [0.29, 0.717) is 5.56 Å². The number of nitrogens with zero attached hydrogens (tertiary/aromatic N) is 3. The number of nitriles is 1. The fourth-order valence-corrected chi connectivity index (χ4v) is 1.55. The van der Waals surface area contributed by atoms with Crippen LogP contribution in [-0.4, -0.2) is 9.78 Å². The molecule has 12 heavy (non-hydrogen) atoms. The predicted octanol–water partition coefficient (Wildman–Crippen LogP) is 1.93. The van der Waals surface area contributed by atoms with Crippen LogP contribution in [0, 0.1) is 17.2 Å². The average molecular weight is 226 g/mol. The molecule has 1 aliphatic carbocycles. The Morgan fingerprint density at radius 1 is 1.75 bits per heavy atom. The van der Waals surface area contributed by atoms with Crippen LogP contribution in [0.4, 0.5) is 0 Å². The van der Waals surface area contributed by atoms with Crippen LogP contribution in [0.5, 0.6) is 0 Å². The minimum Gasteiger partial charge on any atom is -0.257 e. The molecule has 1 fully saturated rings. The summed E-state index contributed by atoms with van der Waals surface area (Å²) in [5, 5.41) is 12.8. The third kappa shape index (κ3) is 1.37. The molecule has 62 valence electrons. The van der Waals surface area contributed by atoms with Crippen LogP contribution in [0.15, 0.2) is 10.8 Å². The molecule has 1 aromatic rings. The lowest BCUT2D eigenvalue weighted by Crippen LogP contribution is -2.01. The van der Waals surface area contributed by atoms with Crippen LogP contribution in [-0.2, 0) is 6.54 Å². The van der Waals surface area contributed by atoms with E-state index < -0.39 is 0 Å². The summed E-state index contributed by atoms with van der Waals surface area (Å²) in [4.78, 5) is 0. The Balaban J connectivity index is 2.20. The zero-order valence-electron chi connectivity index (χ0n) is 6.50. The molecule has 0 aliphatic heterocycles. The highest BCUT2D eigenvalue weighted by molar-refractivity contribution is 9.10. The Kier molecular flexibility index (Phi) is 1.89. The lowest BCUT2D eigenvalue weighted by molar-refractivity contribution is 0.553. The van der Waals surface area contributed by atoms with Gasteiger partial charge in [-0.2, -0.15) is 10.4 Å². The van der Waals surface area contributed by atoms with Crippen molar-refractivity contribution in [2.24, 2.45) is 5.92 Å². The Bertz CT molecular complexity index is 333. The standard InChI is InChI=1S/C8H8BrN3/c9-8-7(3-10)4-11-12(8)5-6-1-2-6/h4,6H,1-2,5H2. The molecule has 0 unspecified atom stereocenters. The van der Waals surface area contributed by atoms with Crippen molar-refractivity contribution in [3.8, 4) is 6.07 Å². The largest absolute Gasteiger partial charge is 0.257 e. The molecule has 0 aromatic carbocycles. The van der Waals surface area contributed by atoms with Gasteiger partial charge in [-0.3, -0.25) is 4.68 Å². The van der Waals surface area contributed by atoms with Crippen molar-refractivity contribution in [1.82, 2.24) is 9.78 Å². The summed E-state index contributed by atoms with van der Waals surface area (Å²) in [6.45, 7) is 0.947. The molecule has 0 N–H and O–H groups in total. The molecule has 1 aliphatic rings. The quantitative estimate of drug-likeness (QED) is 0.773. The second-order valence-corrected chi connectivity index (χ2v) is 3.84. The SMILES string of the molecule is N#Cc1cnn(CC2CC2)c1Br. The van der Waals surface area contributed by atoms with E-state index in [0.717, 1.165) is 17.1 Å². The molecular formula is C8H8BrN3. The van der Waals surface area contributed by atoms with Gasteiger partial charge in [0, 0.05) is 6.54 Å². The molecule has 0 amide bonds. The van der Waals surface area contributed by atoms with Gasteiger partial charge in [0.1, 0.15) is 16.2 Å². The molecule has 0 bridgehead atoms. The number of hydrogen-bond acceptors (Lipinski definition) is 2. The first kappa shape index (κ1) is 7.81. The summed E-state index contributed by atoms with van der Waals surface area (Å²) in [5.74, 6) is 0.785. The van der Waals surface area contributed by atoms with Crippen LogP contribution in [0.25, 0.3) is 0 Å². The smallest absolute Gasteiger partial charge is 0.121 e. The third-order valence-electron chi connectivity index (χ3n) is 2.02. The number of halogens is 1. The molecule has 0 atom stereocenters. The second-order valence-electron chi connectivity index (χ2n) is 3.09. The van der Waals surface area contributed by atoms with E-state index >= 15 is 0 Å². The summed E-state index contributed by atoms with van der Waals surface area (Å²) < 4.78 is 2.67. The molecule has 1 aromatic heterocycles. The normalized spacial score (nSPS) is 16.0. The molecule has 2 rings (SSSR count). The van der Waals surface area contributed by atoms with Gasteiger partial charge >= 0.3 is 0 Å². The van der Waals surface area contributed by atoms with Gasteiger partial charge in [0.25, 0.3) is 0 Å². The maximum absolute atomic E-state index is 8.65. The van der Waals surface area contributed by atoms with E-state index in [1.54, 1.807) is 6.20 Å². The van der Waals surface area contributed by atoms with Gasteiger partial charge in [-0.15, -0.1) is 0 Å². The zero-order valence-corrected chi connectivity index (χ0v) is 8.08. The Labute approximate surface area is 79.1 Å². The second kappa shape index (κ2) is 2.91. The van der Waals surface area contributed by atoms with Crippen molar-refractivity contribution >= 4 is 15.9 Å². The Morgan fingerprint density at radius 3 is 3.00 bits per heavy atom. The topological polar surface area (TPSA) is 41.6 Å². The fraction of sp³-hybridized carbons (Fsp3) is 0.500. The van der Waals surface area contributed by atoms with Gasteiger partial charge in [0.05, 0.1) is 6.20 Å². The van der Waals surface area contributed by atoms with Crippen molar-refractivity contribution in [2.45, 2.75) is 19.4 Å². The van der Waals surface area contributed by atoms with Gasteiger partial charge in [0.2, 0.25) is 0 Å². The van der Waals surface area contributed by atoms with Crippen LogP contribution < -0.4 is 0 Å². The van der Waals surface area contributed by atoms with E-state index in [9.17, 15) is 0 Å². The predicted molar refractivity (Wildman–Crippen MR) is 47.4 cm³/mol. The van der Waals surface area contributed by atoms with Gasteiger partial charge in [-0.25, -0.2) is 0 Å². The van der Waals surface area contributed by atoms with Crippen molar-refractivity contribution in [1.29, 1.82) is 5.26 Å². The maximum Gasteiger partial charge on any atom is 0.121 e. The van der Waals surface area contributed by atoms with E-state index in [-0.39, 0.29) is 0 Å². The lowest BCUT2D eigenvalue weighted by Gasteiger charge is -1.99. The van der Waals surface area contributed by atoms with Gasteiger partial charge in [-0.1, -0.05) is 0 Å². The molecule has 0 radical (unpaired) electrons. The molecular weight excluding hydrogens is 218 g/mol. The average Bonchev–Trinajstić information content (AvgIpc) is 2.80. The van der Waals surface area contributed by atoms with Crippen molar-refractivity contribution in [3.05, 3.63) is 16.4 Å². The van der Waals surface area contributed by atoms with Crippen LogP contribution in [0.2, 0.25) is 0 Å². The summed E-state index contributed by atoms with van der Waals surface area (Å²) >= 11 is 3.35. The maximum atomic E-state index is 8.65. The van der Waals surface area contributed by atoms with Gasteiger partial charge < -0.3 is 0 Å². The fourth-order valence-electron chi connectivity index (χ4n) is 1.12. The first-order chi connectivity index (χ1) is 5.81. The van der Waals surface area contributed by atoms with Crippen LogP contribution >= 0.6 is 15.9 Å². The molecule has 1 heterocycles.